The number of benzene rings is 1. The van der Waals surface area contributed by atoms with Crippen LogP contribution >= 0.6 is 11.3 Å². The minimum Gasteiger partial charge on any atom is -0.497 e. The van der Waals surface area contributed by atoms with E-state index in [-0.39, 0.29) is 16.7 Å². The van der Waals surface area contributed by atoms with Crippen molar-refractivity contribution in [3.8, 4) is 5.75 Å². The van der Waals surface area contributed by atoms with Crippen molar-refractivity contribution in [1.29, 1.82) is 0 Å². The van der Waals surface area contributed by atoms with Gasteiger partial charge in [0.1, 0.15) is 16.5 Å². The molecule has 0 bridgehead atoms. The van der Waals surface area contributed by atoms with Gasteiger partial charge in [0.2, 0.25) is 5.91 Å². The predicted octanol–water partition coefficient (Wildman–Crippen LogP) is 1.81. The normalized spacial score (nSPS) is 14.9. The van der Waals surface area contributed by atoms with Gasteiger partial charge in [0, 0.05) is 13.1 Å². The summed E-state index contributed by atoms with van der Waals surface area (Å²) < 4.78 is 37.9. The summed E-state index contributed by atoms with van der Waals surface area (Å²) in [6.07, 6.45) is 0. The third-order valence-corrected chi connectivity index (χ3v) is 7.19. The minimum absolute atomic E-state index is 0.197. The Kier molecular flexibility index (Phi) is 5.80. The maximum Gasteiger partial charge on any atom is 0.274 e. The number of amides is 1. The fourth-order valence-electron chi connectivity index (χ4n) is 2.62. The Morgan fingerprint density at radius 1 is 1.23 bits per heavy atom. The summed E-state index contributed by atoms with van der Waals surface area (Å²) >= 11 is 1.12. The van der Waals surface area contributed by atoms with Crippen molar-refractivity contribution in [2.45, 2.75) is 4.21 Å². The molecule has 0 radical (unpaired) electrons. The van der Waals surface area contributed by atoms with Crippen LogP contribution in [0.2, 0.25) is 0 Å². The van der Waals surface area contributed by atoms with Gasteiger partial charge < -0.3 is 14.4 Å². The predicted molar refractivity (Wildman–Crippen MR) is 99.2 cm³/mol. The van der Waals surface area contributed by atoms with E-state index >= 15 is 0 Å². The number of morpholine rings is 1. The molecule has 0 saturated carbocycles. The number of carbonyl (C=O) groups excluding carboxylic acids is 1. The third-order valence-electron chi connectivity index (χ3n) is 4.04. The maximum absolute atomic E-state index is 13.1. The largest absolute Gasteiger partial charge is 0.497 e. The lowest BCUT2D eigenvalue weighted by molar-refractivity contribution is -0.133. The molecule has 9 heteroatoms. The number of rotatable bonds is 6. The molecule has 1 aromatic heterocycles. The number of ether oxygens (including phenoxy) is 2. The molecular weight excluding hydrogens is 376 g/mol. The first-order valence-electron chi connectivity index (χ1n) is 8.08. The number of nitrogens with zero attached hydrogens (tertiary/aromatic N) is 2. The van der Waals surface area contributed by atoms with Gasteiger partial charge in [-0.1, -0.05) is 6.07 Å². The maximum atomic E-state index is 13.1. The van der Waals surface area contributed by atoms with E-state index in [4.69, 9.17) is 9.47 Å². The van der Waals surface area contributed by atoms with E-state index in [9.17, 15) is 13.2 Å². The number of hydrogen-bond acceptors (Lipinski definition) is 6. The molecule has 0 unspecified atom stereocenters. The number of thiophene rings is 1. The Bertz CT molecular complexity index is 829. The second-order valence-corrected chi connectivity index (χ2v) is 8.67. The molecular formula is C17H20N2O5S2. The van der Waals surface area contributed by atoms with Crippen LogP contribution in [-0.2, 0) is 19.6 Å². The topological polar surface area (TPSA) is 76.2 Å². The van der Waals surface area contributed by atoms with Gasteiger partial charge in [-0.3, -0.25) is 9.10 Å². The Labute approximate surface area is 156 Å². The van der Waals surface area contributed by atoms with Gasteiger partial charge >= 0.3 is 0 Å². The molecule has 7 nitrogen and oxygen atoms in total. The SMILES string of the molecule is COc1ccc(N(CC(=O)N2CCOCC2)S(=O)(=O)c2cccs2)cc1. The quantitative estimate of drug-likeness (QED) is 0.744. The smallest absolute Gasteiger partial charge is 0.274 e. The second kappa shape index (κ2) is 8.07. The summed E-state index contributed by atoms with van der Waals surface area (Å²) in [7, 11) is -2.29. The number of hydrogen-bond donors (Lipinski definition) is 0. The fourth-order valence-corrected chi connectivity index (χ4v) is 5.14. The molecule has 0 N–H and O–H groups in total. The summed E-state index contributed by atoms with van der Waals surface area (Å²) in [4.78, 5) is 14.3. The molecule has 26 heavy (non-hydrogen) atoms. The van der Waals surface area contributed by atoms with Gasteiger partial charge in [0.25, 0.3) is 10.0 Å². The lowest BCUT2D eigenvalue weighted by atomic mass is 10.3. The molecule has 1 fully saturated rings. The fraction of sp³-hybridized carbons (Fsp3) is 0.353. The molecule has 0 atom stereocenters. The molecule has 1 saturated heterocycles. The minimum atomic E-state index is -3.83. The summed E-state index contributed by atoms with van der Waals surface area (Å²) in [5.74, 6) is 0.367. The second-order valence-electron chi connectivity index (χ2n) is 5.63. The van der Waals surface area contributed by atoms with E-state index in [2.05, 4.69) is 0 Å². The van der Waals surface area contributed by atoms with Crippen molar-refractivity contribution in [2.75, 3.05) is 44.3 Å². The van der Waals surface area contributed by atoms with Gasteiger partial charge in [-0.05, 0) is 35.7 Å². The first kappa shape index (κ1) is 18.7. The zero-order valence-electron chi connectivity index (χ0n) is 14.3. The van der Waals surface area contributed by atoms with Crippen LogP contribution in [0, 0.1) is 0 Å². The molecule has 2 aromatic rings. The van der Waals surface area contributed by atoms with Crippen molar-refractivity contribution < 1.29 is 22.7 Å². The van der Waals surface area contributed by atoms with Crippen LogP contribution < -0.4 is 9.04 Å². The number of methoxy groups -OCH3 is 1. The standard InChI is InChI=1S/C17H20N2O5S2/c1-23-15-6-4-14(5-7-15)19(26(21,22)17-3-2-12-25-17)13-16(20)18-8-10-24-11-9-18/h2-7,12H,8-11,13H2,1H3. The van der Waals surface area contributed by atoms with E-state index in [0.29, 0.717) is 37.7 Å². The molecule has 1 aromatic carbocycles. The van der Waals surface area contributed by atoms with Crippen LogP contribution in [-0.4, -0.2) is 59.2 Å². The average molecular weight is 396 g/mol. The van der Waals surface area contributed by atoms with Gasteiger partial charge in [0.15, 0.2) is 0 Å². The molecule has 0 spiro atoms. The molecule has 2 heterocycles. The van der Waals surface area contributed by atoms with Crippen molar-refractivity contribution in [1.82, 2.24) is 4.90 Å². The highest BCUT2D eigenvalue weighted by Crippen LogP contribution is 2.28. The van der Waals surface area contributed by atoms with Crippen molar-refractivity contribution in [3.05, 3.63) is 41.8 Å². The van der Waals surface area contributed by atoms with Crippen LogP contribution in [0.15, 0.2) is 46.0 Å². The molecule has 1 amide bonds. The highest BCUT2D eigenvalue weighted by molar-refractivity contribution is 7.94. The Balaban J connectivity index is 1.91. The van der Waals surface area contributed by atoms with Crippen LogP contribution in [0.4, 0.5) is 5.69 Å². The zero-order chi connectivity index (χ0) is 18.6. The van der Waals surface area contributed by atoms with Crippen LogP contribution in [0.3, 0.4) is 0 Å². The summed E-state index contributed by atoms with van der Waals surface area (Å²) in [6.45, 7) is 1.60. The first-order chi connectivity index (χ1) is 12.5. The lowest BCUT2D eigenvalue weighted by Gasteiger charge is -2.30. The molecule has 0 aliphatic carbocycles. The van der Waals surface area contributed by atoms with Crippen molar-refractivity contribution in [3.63, 3.8) is 0 Å². The van der Waals surface area contributed by atoms with E-state index in [0.717, 1.165) is 15.6 Å². The molecule has 140 valence electrons. The van der Waals surface area contributed by atoms with Crippen LogP contribution in [0.25, 0.3) is 0 Å². The monoisotopic (exact) mass is 396 g/mol. The molecule has 1 aliphatic heterocycles. The Morgan fingerprint density at radius 2 is 1.92 bits per heavy atom. The third kappa shape index (κ3) is 4.00. The van der Waals surface area contributed by atoms with E-state index in [1.54, 1.807) is 40.6 Å². The highest BCUT2D eigenvalue weighted by atomic mass is 32.2. The summed E-state index contributed by atoms with van der Waals surface area (Å²) in [5, 5.41) is 1.70. The zero-order valence-corrected chi connectivity index (χ0v) is 16.0. The summed E-state index contributed by atoms with van der Waals surface area (Å²) in [6, 6.07) is 9.83. The van der Waals surface area contributed by atoms with Crippen LogP contribution in [0.1, 0.15) is 0 Å². The average Bonchev–Trinajstić information content (AvgIpc) is 3.22. The van der Waals surface area contributed by atoms with E-state index < -0.39 is 10.0 Å². The van der Waals surface area contributed by atoms with E-state index in [1.807, 2.05) is 0 Å². The van der Waals surface area contributed by atoms with Crippen molar-refractivity contribution >= 4 is 33.0 Å². The van der Waals surface area contributed by atoms with Gasteiger partial charge in [0.05, 0.1) is 26.0 Å². The number of anilines is 1. The Morgan fingerprint density at radius 3 is 2.50 bits per heavy atom. The highest BCUT2D eigenvalue weighted by Gasteiger charge is 2.30. The van der Waals surface area contributed by atoms with Crippen LogP contribution in [0.5, 0.6) is 5.75 Å². The molecule has 3 rings (SSSR count). The first-order valence-corrected chi connectivity index (χ1v) is 10.4. The van der Waals surface area contributed by atoms with Gasteiger partial charge in [-0.2, -0.15) is 0 Å². The number of sulfonamides is 1. The number of carbonyl (C=O) groups is 1. The summed E-state index contributed by atoms with van der Waals surface area (Å²) in [5.41, 5.74) is 0.417. The van der Waals surface area contributed by atoms with Crippen molar-refractivity contribution in [2.24, 2.45) is 0 Å². The van der Waals surface area contributed by atoms with E-state index in [1.165, 1.54) is 13.2 Å². The van der Waals surface area contributed by atoms with Gasteiger partial charge in [-0.15, -0.1) is 11.3 Å². The molecule has 1 aliphatic rings. The van der Waals surface area contributed by atoms with Gasteiger partial charge in [-0.25, -0.2) is 8.42 Å². The lowest BCUT2D eigenvalue weighted by Crippen LogP contribution is -2.47. The Hall–Kier alpha value is -2.10.